The Hall–Kier alpha value is -0.720. The fourth-order valence-electron chi connectivity index (χ4n) is 1.39. The summed E-state index contributed by atoms with van der Waals surface area (Å²) in [6.07, 6.45) is -1.76. The lowest BCUT2D eigenvalue weighted by Crippen LogP contribution is -2.38. The SMILES string of the molecule is CC.CCNCCOCCOC(C)C(F)CNC(=O)C(C)C. The third-order valence-corrected chi connectivity index (χ3v) is 2.79. The number of carbonyl (C=O) groups is 1. The van der Waals surface area contributed by atoms with Gasteiger partial charge in [0.05, 0.1) is 32.5 Å². The Morgan fingerprint density at radius 1 is 1.14 bits per heavy atom. The zero-order valence-corrected chi connectivity index (χ0v) is 15.1. The predicted octanol–water partition coefficient (Wildman–Crippen LogP) is 2.15. The Balaban J connectivity index is 0. The van der Waals surface area contributed by atoms with Gasteiger partial charge in [-0.05, 0) is 13.5 Å². The first-order valence-electron chi connectivity index (χ1n) is 8.30. The Morgan fingerprint density at radius 2 is 1.77 bits per heavy atom. The van der Waals surface area contributed by atoms with E-state index in [4.69, 9.17) is 9.47 Å². The highest BCUT2D eigenvalue weighted by Crippen LogP contribution is 2.03. The lowest BCUT2D eigenvalue weighted by molar-refractivity contribution is -0.124. The third kappa shape index (κ3) is 14.2. The third-order valence-electron chi connectivity index (χ3n) is 2.79. The van der Waals surface area contributed by atoms with Crippen molar-refractivity contribution in [1.29, 1.82) is 0 Å². The van der Waals surface area contributed by atoms with Crippen molar-refractivity contribution in [1.82, 2.24) is 10.6 Å². The van der Waals surface area contributed by atoms with Gasteiger partial charge < -0.3 is 20.1 Å². The van der Waals surface area contributed by atoms with Crippen LogP contribution in [0, 0.1) is 5.92 Å². The number of carbonyl (C=O) groups excluding carboxylic acids is 1. The Labute approximate surface area is 135 Å². The van der Waals surface area contributed by atoms with E-state index in [9.17, 15) is 9.18 Å². The van der Waals surface area contributed by atoms with Crippen molar-refractivity contribution in [3.63, 3.8) is 0 Å². The summed E-state index contributed by atoms with van der Waals surface area (Å²) in [5.41, 5.74) is 0. The number of hydrogen-bond donors (Lipinski definition) is 2. The molecule has 0 fully saturated rings. The molecule has 0 aromatic heterocycles. The molecule has 0 heterocycles. The van der Waals surface area contributed by atoms with Crippen LogP contribution in [0.1, 0.15) is 41.5 Å². The first-order chi connectivity index (χ1) is 10.5. The van der Waals surface area contributed by atoms with Gasteiger partial charge in [0.2, 0.25) is 5.91 Å². The van der Waals surface area contributed by atoms with Crippen LogP contribution in [-0.2, 0) is 14.3 Å². The number of nitrogens with one attached hydrogen (secondary N) is 2. The van der Waals surface area contributed by atoms with Crippen LogP contribution in [0.5, 0.6) is 0 Å². The molecule has 0 rings (SSSR count). The summed E-state index contributed by atoms with van der Waals surface area (Å²) in [5.74, 6) is -0.282. The molecule has 0 bridgehead atoms. The summed E-state index contributed by atoms with van der Waals surface area (Å²) in [4.78, 5) is 11.3. The summed E-state index contributed by atoms with van der Waals surface area (Å²) in [7, 11) is 0. The van der Waals surface area contributed by atoms with Crippen molar-refractivity contribution in [2.24, 2.45) is 5.92 Å². The second-order valence-electron chi connectivity index (χ2n) is 4.96. The Kier molecular flexibility index (Phi) is 17.8. The minimum Gasteiger partial charge on any atom is -0.378 e. The van der Waals surface area contributed by atoms with Gasteiger partial charge >= 0.3 is 0 Å². The molecule has 0 aromatic carbocycles. The van der Waals surface area contributed by atoms with Crippen molar-refractivity contribution >= 4 is 5.91 Å². The molecule has 0 aliphatic heterocycles. The minimum atomic E-state index is -1.21. The molecule has 134 valence electrons. The van der Waals surface area contributed by atoms with Gasteiger partial charge in [0.25, 0.3) is 0 Å². The summed E-state index contributed by atoms with van der Waals surface area (Å²) in [5, 5.41) is 5.69. The molecule has 6 heteroatoms. The smallest absolute Gasteiger partial charge is 0.222 e. The monoisotopic (exact) mass is 322 g/mol. The van der Waals surface area contributed by atoms with Gasteiger partial charge in [-0.1, -0.05) is 34.6 Å². The first kappa shape index (κ1) is 23.5. The predicted molar refractivity (Wildman–Crippen MR) is 88.9 cm³/mol. The van der Waals surface area contributed by atoms with E-state index in [-0.39, 0.29) is 18.4 Å². The quantitative estimate of drug-likeness (QED) is 0.541. The highest BCUT2D eigenvalue weighted by atomic mass is 19.1. The van der Waals surface area contributed by atoms with Crippen LogP contribution in [-0.4, -0.2) is 57.6 Å². The molecular weight excluding hydrogens is 287 g/mol. The van der Waals surface area contributed by atoms with Gasteiger partial charge in [0, 0.05) is 12.5 Å². The lowest BCUT2D eigenvalue weighted by atomic mass is 10.2. The van der Waals surface area contributed by atoms with Crippen LogP contribution in [0.3, 0.4) is 0 Å². The lowest BCUT2D eigenvalue weighted by Gasteiger charge is -2.18. The molecule has 0 aliphatic carbocycles. The van der Waals surface area contributed by atoms with Crippen LogP contribution in [0.2, 0.25) is 0 Å². The molecule has 2 atom stereocenters. The number of amides is 1. The molecule has 0 spiro atoms. The van der Waals surface area contributed by atoms with Crippen molar-refractivity contribution in [2.45, 2.75) is 53.8 Å². The van der Waals surface area contributed by atoms with E-state index in [0.29, 0.717) is 19.8 Å². The van der Waals surface area contributed by atoms with Crippen LogP contribution in [0.4, 0.5) is 4.39 Å². The molecule has 22 heavy (non-hydrogen) atoms. The topological polar surface area (TPSA) is 59.6 Å². The van der Waals surface area contributed by atoms with Crippen molar-refractivity contribution in [3.8, 4) is 0 Å². The van der Waals surface area contributed by atoms with Gasteiger partial charge in [-0.3, -0.25) is 4.79 Å². The number of ether oxygens (including phenoxy) is 2. The van der Waals surface area contributed by atoms with Crippen molar-refractivity contribution in [2.75, 3.05) is 39.5 Å². The Morgan fingerprint density at radius 3 is 2.32 bits per heavy atom. The van der Waals surface area contributed by atoms with E-state index >= 15 is 0 Å². The molecule has 0 radical (unpaired) electrons. The first-order valence-corrected chi connectivity index (χ1v) is 8.30. The van der Waals surface area contributed by atoms with Gasteiger partial charge in [-0.25, -0.2) is 4.39 Å². The second-order valence-corrected chi connectivity index (χ2v) is 4.96. The number of rotatable bonds is 12. The number of hydrogen-bond acceptors (Lipinski definition) is 4. The molecule has 2 N–H and O–H groups in total. The fraction of sp³-hybridized carbons (Fsp3) is 0.938. The highest BCUT2D eigenvalue weighted by molar-refractivity contribution is 5.77. The maximum Gasteiger partial charge on any atom is 0.222 e. The van der Waals surface area contributed by atoms with Crippen molar-refractivity contribution in [3.05, 3.63) is 0 Å². The standard InChI is InChI=1S/C14H29FN2O3.C2H6/c1-5-16-6-7-19-8-9-20-12(4)13(15)10-17-14(18)11(2)3;1-2/h11-13,16H,5-10H2,1-4H3,(H,17,18);1-2H3. The van der Waals surface area contributed by atoms with E-state index in [0.717, 1.165) is 13.1 Å². The molecule has 0 saturated heterocycles. The maximum atomic E-state index is 13.7. The summed E-state index contributed by atoms with van der Waals surface area (Å²) in [6.45, 7) is 14.4. The number of alkyl halides is 1. The number of likely N-dealkylation sites (N-methyl/N-ethyl adjacent to an activating group) is 1. The summed E-state index contributed by atoms with van der Waals surface area (Å²) in [6, 6.07) is 0. The Bertz CT molecular complexity index is 254. The van der Waals surface area contributed by atoms with Gasteiger partial charge in [0.1, 0.15) is 6.17 Å². The largest absolute Gasteiger partial charge is 0.378 e. The van der Waals surface area contributed by atoms with Crippen LogP contribution in [0.25, 0.3) is 0 Å². The van der Waals surface area contributed by atoms with Gasteiger partial charge in [-0.2, -0.15) is 0 Å². The zero-order chi connectivity index (χ0) is 17.4. The number of halogens is 1. The molecule has 0 saturated carbocycles. The molecule has 5 nitrogen and oxygen atoms in total. The zero-order valence-electron chi connectivity index (χ0n) is 15.1. The highest BCUT2D eigenvalue weighted by Gasteiger charge is 2.18. The van der Waals surface area contributed by atoms with Crippen LogP contribution >= 0.6 is 0 Å². The van der Waals surface area contributed by atoms with Gasteiger partial charge in [0.15, 0.2) is 0 Å². The van der Waals surface area contributed by atoms with E-state index < -0.39 is 12.3 Å². The van der Waals surface area contributed by atoms with E-state index in [1.165, 1.54) is 0 Å². The molecule has 2 unspecified atom stereocenters. The molecule has 1 amide bonds. The molecule has 0 aliphatic rings. The van der Waals surface area contributed by atoms with Gasteiger partial charge in [-0.15, -0.1) is 0 Å². The summed E-state index contributed by atoms with van der Waals surface area (Å²) < 4.78 is 24.4. The van der Waals surface area contributed by atoms with Crippen LogP contribution in [0.15, 0.2) is 0 Å². The average molecular weight is 322 g/mol. The molecule has 0 aromatic rings. The fourth-order valence-corrected chi connectivity index (χ4v) is 1.39. The van der Waals surface area contributed by atoms with Crippen molar-refractivity contribution < 1.29 is 18.7 Å². The maximum absolute atomic E-state index is 13.7. The normalized spacial score (nSPS) is 13.3. The van der Waals surface area contributed by atoms with E-state index in [1.807, 2.05) is 20.8 Å². The van der Waals surface area contributed by atoms with Crippen LogP contribution < -0.4 is 10.6 Å². The average Bonchev–Trinajstić information content (AvgIpc) is 2.52. The minimum absolute atomic E-state index is 0.0144. The van der Waals surface area contributed by atoms with E-state index in [1.54, 1.807) is 20.8 Å². The summed E-state index contributed by atoms with van der Waals surface area (Å²) >= 11 is 0. The van der Waals surface area contributed by atoms with E-state index in [2.05, 4.69) is 10.6 Å². The second kappa shape index (κ2) is 16.6. The molecular formula is C16H35FN2O3.